The van der Waals surface area contributed by atoms with E-state index in [1.54, 1.807) is 12.1 Å². The lowest BCUT2D eigenvalue weighted by Crippen LogP contribution is -2.29. The number of carbonyl (C=O) groups is 1. The minimum Gasteiger partial charge on any atom is -0.376 e. The van der Waals surface area contributed by atoms with Gasteiger partial charge in [0.25, 0.3) is 0 Å². The van der Waals surface area contributed by atoms with Gasteiger partial charge >= 0.3 is 0 Å². The molecule has 0 fully saturated rings. The highest BCUT2D eigenvalue weighted by Gasteiger charge is 2.02. The van der Waals surface area contributed by atoms with Crippen molar-refractivity contribution < 1.29 is 9.18 Å². The molecule has 0 aliphatic carbocycles. The van der Waals surface area contributed by atoms with Crippen molar-refractivity contribution >= 4 is 34.2 Å². The highest BCUT2D eigenvalue weighted by atomic mass is 127. The molecule has 0 radical (unpaired) electrons. The smallest absolute Gasteiger partial charge is 0.239 e. The maximum atomic E-state index is 12.7. The maximum Gasteiger partial charge on any atom is 0.239 e. The van der Waals surface area contributed by atoms with Crippen LogP contribution in [-0.4, -0.2) is 12.5 Å². The van der Waals surface area contributed by atoms with Gasteiger partial charge in [-0.3, -0.25) is 4.79 Å². The summed E-state index contributed by atoms with van der Waals surface area (Å²) in [6.45, 7) is 0.606. The van der Waals surface area contributed by atoms with Crippen molar-refractivity contribution in [2.75, 3.05) is 11.9 Å². The lowest BCUT2D eigenvalue weighted by molar-refractivity contribution is -0.119. The number of carbonyl (C=O) groups excluding carboxylic acids is 1. The zero-order valence-corrected chi connectivity index (χ0v) is 12.9. The molecule has 0 heterocycles. The minimum absolute atomic E-state index is 0.104. The number of benzene rings is 2. The van der Waals surface area contributed by atoms with E-state index in [4.69, 9.17) is 0 Å². The third-order valence-corrected chi connectivity index (χ3v) is 3.35. The van der Waals surface area contributed by atoms with Crippen molar-refractivity contribution in [3.8, 4) is 0 Å². The molecule has 0 saturated carbocycles. The standard InChI is InChI=1S/C15H14FIN2O/c16-12-6-4-11(5-7-12)9-19-15(20)10-18-14-3-1-2-13(17)8-14/h1-8,18H,9-10H2,(H,19,20). The Bertz CT molecular complexity index is 587. The van der Waals surface area contributed by atoms with Crippen LogP contribution in [0.2, 0.25) is 0 Å². The number of rotatable bonds is 5. The number of nitrogens with one attached hydrogen (secondary N) is 2. The average Bonchev–Trinajstić information content (AvgIpc) is 2.45. The minimum atomic E-state index is -0.277. The Labute approximate surface area is 130 Å². The fraction of sp³-hybridized carbons (Fsp3) is 0.133. The van der Waals surface area contributed by atoms with Gasteiger partial charge in [0.15, 0.2) is 0 Å². The largest absolute Gasteiger partial charge is 0.376 e. The third kappa shape index (κ3) is 4.80. The number of hydrogen-bond acceptors (Lipinski definition) is 2. The molecular weight excluding hydrogens is 370 g/mol. The molecule has 2 N–H and O–H groups in total. The summed E-state index contributed by atoms with van der Waals surface area (Å²) in [5, 5.41) is 5.83. The molecule has 2 aromatic carbocycles. The van der Waals surface area contributed by atoms with E-state index in [0.717, 1.165) is 14.8 Å². The molecule has 0 bridgehead atoms. The molecule has 0 atom stereocenters. The number of halogens is 2. The van der Waals surface area contributed by atoms with Gasteiger partial charge in [0.2, 0.25) is 5.91 Å². The molecule has 104 valence electrons. The van der Waals surface area contributed by atoms with Crippen LogP contribution >= 0.6 is 22.6 Å². The Hall–Kier alpha value is -1.63. The highest BCUT2D eigenvalue weighted by Crippen LogP contribution is 2.11. The topological polar surface area (TPSA) is 41.1 Å². The average molecular weight is 384 g/mol. The van der Waals surface area contributed by atoms with Crippen LogP contribution in [0.5, 0.6) is 0 Å². The number of anilines is 1. The molecule has 0 spiro atoms. The Balaban J connectivity index is 1.77. The van der Waals surface area contributed by atoms with Crippen LogP contribution in [0.1, 0.15) is 5.56 Å². The lowest BCUT2D eigenvalue weighted by atomic mass is 10.2. The molecule has 0 aromatic heterocycles. The normalized spacial score (nSPS) is 10.1. The first kappa shape index (κ1) is 14.8. The first-order valence-electron chi connectivity index (χ1n) is 6.14. The first-order valence-corrected chi connectivity index (χ1v) is 7.22. The molecule has 0 unspecified atom stereocenters. The molecule has 0 aliphatic rings. The second kappa shape index (κ2) is 7.23. The van der Waals surface area contributed by atoms with Gasteiger partial charge in [-0.15, -0.1) is 0 Å². The van der Waals surface area contributed by atoms with E-state index < -0.39 is 0 Å². The molecule has 2 aromatic rings. The van der Waals surface area contributed by atoms with Crippen LogP contribution < -0.4 is 10.6 Å². The Morgan fingerprint density at radius 3 is 2.60 bits per heavy atom. The second-order valence-corrected chi connectivity index (χ2v) is 5.51. The SMILES string of the molecule is O=C(CNc1cccc(I)c1)NCc1ccc(F)cc1. The molecule has 20 heavy (non-hydrogen) atoms. The van der Waals surface area contributed by atoms with Crippen LogP contribution in [0.15, 0.2) is 48.5 Å². The highest BCUT2D eigenvalue weighted by molar-refractivity contribution is 14.1. The summed E-state index contributed by atoms with van der Waals surface area (Å²) < 4.78 is 13.8. The van der Waals surface area contributed by atoms with Crippen LogP contribution in [0, 0.1) is 9.39 Å². The Morgan fingerprint density at radius 1 is 1.15 bits per heavy atom. The van der Waals surface area contributed by atoms with E-state index in [9.17, 15) is 9.18 Å². The fourth-order valence-electron chi connectivity index (χ4n) is 1.65. The van der Waals surface area contributed by atoms with Gasteiger partial charge < -0.3 is 10.6 Å². The van der Waals surface area contributed by atoms with Gasteiger partial charge in [-0.25, -0.2) is 4.39 Å². The van der Waals surface area contributed by atoms with E-state index >= 15 is 0 Å². The van der Waals surface area contributed by atoms with Crippen molar-refractivity contribution in [1.29, 1.82) is 0 Å². The predicted molar refractivity (Wildman–Crippen MR) is 85.9 cm³/mol. The molecule has 1 amide bonds. The molecule has 0 saturated heterocycles. The lowest BCUT2D eigenvalue weighted by Gasteiger charge is -2.08. The van der Waals surface area contributed by atoms with Gasteiger partial charge in [0.05, 0.1) is 6.54 Å². The van der Waals surface area contributed by atoms with Crippen molar-refractivity contribution in [1.82, 2.24) is 5.32 Å². The van der Waals surface area contributed by atoms with Gasteiger partial charge in [-0.1, -0.05) is 18.2 Å². The number of amides is 1. The second-order valence-electron chi connectivity index (χ2n) is 4.27. The van der Waals surface area contributed by atoms with Gasteiger partial charge in [0.1, 0.15) is 5.82 Å². The molecule has 2 rings (SSSR count). The summed E-state index contributed by atoms with van der Waals surface area (Å²) in [4.78, 5) is 11.7. The Morgan fingerprint density at radius 2 is 1.90 bits per heavy atom. The summed E-state index contributed by atoms with van der Waals surface area (Å²) in [6.07, 6.45) is 0. The summed E-state index contributed by atoms with van der Waals surface area (Å²) in [5.74, 6) is -0.381. The number of hydrogen-bond donors (Lipinski definition) is 2. The molecule has 5 heteroatoms. The van der Waals surface area contributed by atoms with Crippen molar-refractivity contribution in [2.24, 2.45) is 0 Å². The fourth-order valence-corrected chi connectivity index (χ4v) is 2.19. The maximum absolute atomic E-state index is 12.7. The summed E-state index contributed by atoms with van der Waals surface area (Å²) in [6, 6.07) is 13.9. The Kier molecular flexibility index (Phi) is 5.34. The van der Waals surface area contributed by atoms with Crippen molar-refractivity contribution in [2.45, 2.75) is 6.54 Å². The predicted octanol–water partition coefficient (Wildman–Crippen LogP) is 3.16. The van der Waals surface area contributed by atoms with Crippen LogP contribution in [0.3, 0.4) is 0 Å². The van der Waals surface area contributed by atoms with E-state index in [-0.39, 0.29) is 18.3 Å². The van der Waals surface area contributed by atoms with Gasteiger partial charge in [0, 0.05) is 15.8 Å². The van der Waals surface area contributed by atoms with Gasteiger partial charge in [-0.05, 0) is 58.5 Å². The first-order chi connectivity index (χ1) is 9.63. The summed E-state index contributed by atoms with van der Waals surface area (Å²) >= 11 is 2.22. The summed E-state index contributed by atoms with van der Waals surface area (Å²) in [7, 11) is 0. The third-order valence-electron chi connectivity index (χ3n) is 2.68. The van der Waals surface area contributed by atoms with Crippen molar-refractivity contribution in [3.05, 3.63) is 63.5 Å². The van der Waals surface area contributed by atoms with Crippen LogP contribution in [0.4, 0.5) is 10.1 Å². The van der Waals surface area contributed by atoms with Crippen molar-refractivity contribution in [3.63, 3.8) is 0 Å². The monoisotopic (exact) mass is 384 g/mol. The summed E-state index contributed by atoms with van der Waals surface area (Å²) in [5.41, 5.74) is 1.78. The van der Waals surface area contributed by atoms with E-state index in [1.165, 1.54) is 12.1 Å². The van der Waals surface area contributed by atoms with E-state index in [1.807, 2.05) is 24.3 Å². The zero-order chi connectivity index (χ0) is 14.4. The van der Waals surface area contributed by atoms with E-state index in [2.05, 4.69) is 33.2 Å². The molecule has 0 aliphatic heterocycles. The van der Waals surface area contributed by atoms with Gasteiger partial charge in [-0.2, -0.15) is 0 Å². The zero-order valence-electron chi connectivity index (χ0n) is 10.7. The van der Waals surface area contributed by atoms with Crippen LogP contribution in [-0.2, 0) is 11.3 Å². The molecule has 3 nitrogen and oxygen atoms in total. The molecular formula is C15H14FIN2O. The van der Waals surface area contributed by atoms with Crippen LogP contribution in [0.25, 0.3) is 0 Å². The quantitative estimate of drug-likeness (QED) is 0.778. The van der Waals surface area contributed by atoms with E-state index in [0.29, 0.717) is 6.54 Å².